The van der Waals surface area contributed by atoms with Crippen LogP contribution in [0, 0.1) is 5.82 Å². The minimum absolute atomic E-state index is 0.350. The van der Waals surface area contributed by atoms with Crippen LogP contribution in [0.25, 0.3) is 0 Å². The topological polar surface area (TPSA) is 38.0 Å². The third kappa shape index (κ3) is 4.60. The summed E-state index contributed by atoms with van der Waals surface area (Å²) in [5.74, 6) is -0.379. The van der Waals surface area contributed by atoms with Crippen molar-refractivity contribution < 1.29 is 4.39 Å². The Morgan fingerprint density at radius 3 is 2.33 bits per heavy atom. The fourth-order valence-corrected chi connectivity index (χ4v) is 2.54. The Kier molecular flexibility index (Phi) is 5.09. The van der Waals surface area contributed by atoms with Gasteiger partial charge in [-0.05, 0) is 49.2 Å². The van der Waals surface area contributed by atoms with Crippen LogP contribution in [0.1, 0.15) is 12.5 Å². The fourth-order valence-electron chi connectivity index (χ4n) is 2.19. The van der Waals surface area contributed by atoms with Gasteiger partial charge < -0.3 is 11.1 Å². The second-order valence-corrected chi connectivity index (χ2v) is 6.22. The van der Waals surface area contributed by atoms with Gasteiger partial charge in [-0.3, -0.25) is 0 Å². The number of anilines is 1. The first-order chi connectivity index (χ1) is 9.90. The molecule has 0 aliphatic carbocycles. The summed E-state index contributed by atoms with van der Waals surface area (Å²) in [4.78, 5) is 0. The van der Waals surface area contributed by atoms with Crippen molar-refractivity contribution in [3.63, 3.8) is 0 Å². The largest absolute Gasteiger partial charge is 0.378 e. The summed E-state index contributed by atoms with van der Waals surface area (Å²) in [5.41, 5.74) is 7.19. The van der Waals surface area contributed by atoms with Crippen LogP contribution in [0.2, 0.25) is 10.0 Å². The van der Waals surface area contributed by atoms with Crippen LogP contribution in [-0.4, -0.2) is 12.1 Å². The Bertz CT molecular complexity index is 596. The Morgan fingerprint density at radius 2 is 1.76 bits per heavy atom. The Labute approximate surface area is 134 Å². The van der Waals surface area contributed by atoms with Gasteiger partial charge in [0.25, 0.3) is 0 Å². The van der Waals surface area contributed by atoms with Gasteiger partial charge in [0.05, 0.1) is 5.54 Å². The van der Waals surface area contributed by atoms with Gasteiger partial charge in [-0.25, -0.2) is 4.39 Å². The molecule has 0 fully saturated rings. The highest BCUT2D eigenvalue weighted by Gasteiger charge is 2.23. The van der Waals surface area contributed by atoms with Crippen LogP contribution in [0.3, 0.4) is 0 Å². The summed E-state index contributed by atoms with van der Waals surface area (Å²) in [7, 11) is 0. The molecule has 0 saturated heterocycles. The quantitative estimate of drug-likeness (QED) is 0.848. The van der Waals surface area contributed by atoms with Crippen molar-refractivity contribution in [1.29, 1.82) is 0 Å². The highest BCUT2D eigenvalue weighted by molar-refractivity contribution is 6.31. The second-order valence-electron chi connectivity index (χ2n) is 5.35. The molecule has 0 saturated carbocycles. The van der Waals surface area contributed by atoms with Crippen molar-refractivity contribution in [2.24, 2.45) is 5.73 Å². The summed E-state index contributed by atoms with van der Waals surface area (Å²) < 4.78 is 13.4. The normalized spacial score (nSPS) is 13.8. The van der Waals surface area contributed by atoms with E-state index < -0.39 is 5.54 Å². The molecule has 2 nitrogen and oxygen atoms in total. The first-order valence-electron chi connectivity index (χ1n) is 6.59. The zero-order chi connectivity index (χ0) is 15.5. The van der Waals surface area contributed by atoms with Crippen LogP contribution in [-0.2, 0) is 6.42 Å². The molecule has 2 rings (SSSR count). The fraction of sp³-hybridized carbons (Fsp3) is 0.250. The van der Waals surface area contributed by atoms with E-state index in [-0.39, 0.29) is 5.82 Å². The molecule has 2 aromatic carbocycles. The highest BCUT2D eigenvalue weighted by atomic mass is 35.5. The van der Waals surface area contributed by atoms with E-state index in [0.717, 1.165) is 5.56 Å². The van der Waals surface area contributed by atoms with Gasteiger partial charge in [-0.1, -0.05) is 35.3 Å². The number of hydrogen-bond donors (Lipinski definition) is 2. The number of halogens is 3. The molecule has 0 bridgehead atoms. The lowest BCUT2D eigenvalue weighted by Crippen LogP contribution is -2.44. The maximum atomic E-state index is 13.4. The highest BCUT2D eigenvalue weighted by Crippen LogP contribution is 2.24. The lowest BCUT2D eigenvalue weighted by atomic mass is 9.92. The van der Waals surface area contributed by atoms with Gasteiger partial charge in [-0.2, -0.15) is 0 Å². The molecule has 112 valence electrons. The van der Waals surface area contributed by atoms with Crippen LogP contribution in [0.5, 0.6) is 0 Å². The van der Waals surface area contributed by atoms with Crippen molar-refractivity contribution in [2.75, 3.05) is 11.9 Å². The van der Waals surface area contributed by atoms with Crippen molar-refractivity contribution in [3.8, 4) is 0 Å². The van der Waals surface area contributed by atoms with Crippen molar-refractivity contribution >= 4 is 28.9 Å². The van der Waals surface area contributed by atoms with Gasteiger partial charge >= 0.3 is 0 Å². The van der Waals surface area contributed by atoms with Crippen LogP contribution in [0.4, 0.5) is 10.1 Å². The maximum Gasteiger partial charge on any atom is 0.126 e. The van der Waals surface area contributed by atoms with Gasteiger partial charge in [0.2, 0.25) is 0 Å². The molecule has 0 amide bonds. The van der Waals surface area contributed by atoms with Crippen LogP contribution >= 0.6 is 23.2 Å². The van der Waals surface area contributed by atoms with Crippen molar-refractivity contribution in [3.05, 3.63) is 63.9 Å². The van der Waals surface area contributed by atoms with E-state index in [1.165, 1.54) is 12.1 Å². The van der Waals surface area contributed by atoms with E-state index >= 15 is 0 Å². The molecular formula is C16H17Cl2FN2. The monoisotopic (exact) mass is 326 g/mol. The van der Waals surface area contributed by atoms with Crippen molar-refractivity contribution in [1.82, 2.24) is 0 Å². The average Bonchev–Trinajstić information content (AvgIpc) is 2.40. The molecule has 3 N–H and O–H groups in total. The molecule has 5 heteroatoms. The molecule has 0 radical (unpaired) electrons. The number of benzene rings is 2. The summed E-state index contributed by atoms with van der Waals surface area (Å²) in [6.45, 7) is 2.38. The average molecular weight is 327 g/mol. The smallest absolute Gasteiger partial charge is 0.126 e. The minimum Gasteiger partial charge on any atom is -0.378 e. The lowest BCUT2D eigenvalue weighted by molar-refractivity contribution is 0.520. The van der Waals surface area contributed by atoms with Gasteiger partial charge in [0.1, 0.15) is 5.82 Å². The zero-order valence-electron chi connectivity index (χ0n) is 11.7. The molecule has 21 heavy (non-hydrogen) atoms. The molecule has 0 aliphatic rings. The Morgan fingerprint density at radius 1 is 1.10 bits per heavy atom. The molecule has 0 aromatic heterocycles. The molecule has 0 spiro atoms. The van der Waals surface area contributed by atoms with Gasteiger partial charge in [-0.15, -0.1) is 0 Å². The van der Waals surface area contributed by atoms with E-state index in [4.69, 9.17) is 28.9 Å². The molecule has 0 aliphatic heterocycles. The third-order valence-electron chi connectivity index (χ3n) is 3.27. The van der Waals surface area contributed by atoms with Crippen LogP contribution in [0.15, 0.2) is 42.5 Å². The first kappa shape index (κ1) is 16.1. The van der Waals surface area contributed by atoms with E-state index in [0.29, 0.717) is 28.7 Å². The number of rotatable bonds is 5. The third-order valence-corrected chi connectivity index (χ3v) is 3.74. The van der Waals surface area contributed by atoms with Gasteiger partial charge in [0, 0.05) is 22.3 Å². The standard InChI is InChI=1S/C16H17Cl2FN2/c1-16(10-20,9-11-2-4-12(17)5-3-11)21-15-7-13(18)6-14(19)8-15/h2-8,21H,9-10,20H2,1H3. The SMILES string of the molecule is CC(CN)(Cc1ccc(Cl)cc1)Nc1cc(F)cc(Cl)c1. The van der Waals surface area contributed by atoms with Crippen molar-refractivity contribution in [2.45, 2.75) is 18.9 Å². The Balaban J connectivity index is 2.18. The number of nitrogens with one attached hydrogen (secondary N) is 1. The number of hydrogen-bond acceptors (Lipinski definition) is 2. The summed E-state index contributed by atoms with van der Waals surface area (Å²) in [5, 5.41) is 4.31. The predicted octanol–water partition coefficient (Wildman–Crippen LogP) is 4.50. The summed E-state index contributed by atoms with van der Waals surface area (Å²) in [6, 6.07) is 11.9. The first-order valence-corrected chi connectivity index (χ1v) is 7.35. The van der Waals surface area contributed by atoms with Crippen LogP contribution < -0.4 is 11.1 Å². The van der Waals surface area contributed by atoms with Gasteiger partial charge in [0.15, 0.2) is 0 Å². The summed E-state index contributed by atoms with van der Waals surface area (Å²) >= 11 is 11.8. The molecule has 1 atom stereocenters. The van der Waals surface area contributed by atoms with E-state index in [2.05, 4.69) is 5.32 Å². The zero-order valence-corrected chi connectivity index (χ0v) is 13.2. The number of nitrogens with two attached hydrogens (primary N) is 1. The summed E-state index contributed by atoms with van der Waals surface area (Å²) in [6.07, 6.45) is 0.689. The van der Waals surface area contributed by atoms with E-state index in [1.807, 2.05) is 31.2 Å². The minimum atomic E-state index is -0.412. The van der Waals surface area contributed by atoms with E-state index in [1.54, 1.807) is 6.07 Å². The molecule has 2 aromatic rings. The second kappa shape index (κ2) is 6.65. The maximum absolute atomic E-state index is 13.4. The van der Waals surface area contributed by atoms with E-state index in [9.17, 15) is 4.39 Å². The molecule has 1 unspecified atom stereocenters. The molecule has 0 heterocycles. The molecular weight excluding hydrogens is 310 g/mol. The Hall–Kier alpha value is -1.29. The predicted molar refractivity (Wildman–Crippen MR) is 87.6 cm³/mol. The lowest BCUT2D eigenvalue weighted by Gasteiger charge is -2.31.